The standard InChI is InChI=1S/C35H41ClN4O5S/c1-23-6-5-15-35(42,33-14-16-37-22-38-33)30-12-9-27(30)20-40-17-4-3-7-25-18-29(36)11-8-28(25)21-45-32-13-10-26(19-31(32)40)34(41)39-46(43,44)24(23)2/h5,8,10-11,13-16,18-19,22-24,27,30,42H,3-4,6-7,9,12,17,20-21H2,1-2H3,(H,39,41)/b15-5+/t23-,24+,27-,30+,35-/m0/s1. The number of rotatable bonds is 1. The summed E-state index contributed by atoms with van der Waals surface area (Å²) < 4.78 is 35.5. The van der Waals surface area contributed by atoms with Crippen LogP contribution >= 0.6 is 11.6 Å². The molecule has 1 amide bonds. The van der Waals surface area contributed by atoms with Crippen molar-refractivity contribution in [3.05, 3.63) is 94.5 Å². The molecule has 3 aromatic rings. The van der Waals surface area contributed by atoms with Crippen molar-refractivity contribution in [1.82, 2.24) is 14.7 Å². The number of aromatic nitrogens is 2. The normalized spacial score (nSPS) is 29.0. The van der Waals surface area contributed by atoms with Crippen LogP contribution in [0.3, 0.4) is 0 Å². The number of carbonyl (C=O) groups excluding carboxylic acids is 1. The van der Waals surface area contributed by atoms with Crippen LogP contribution in [0.5, 0.6) is 5.75 Å². The number of aryl methyl sites for hydroxylation is 1. The van der Waals surface area contributed by atoms with Crippen LogP contribution < -0.4 is 14.4 Å². The molecule has 0 unspecified atom stereocenters. The third-order valence-electron chi connectivity index (χ3n) is 10.1. The van der Waals surface area contributed by atoms with E-state index in [1.54, 1.807) is 43.5 Å². The third-order valence-corrected chi connectivity index (χ3v) is 12.2. The molecule has 9 nitrogen and oxygen atoms in total. The number of allylic oxidation sites excluding steroid dienone is 1. The minimum Gasteiger partial charge on any atom is -0.487 e. The van der Waals surface area contributed by atoms with Gasteiger partial charge in [-0.25, -0.2) is 23.1 Å². The third kappa shape index (κ3) is 6.66. The lowest BCUT2D eigenvalue weighted by atomic mass is 9.63. The van der Waals surface area contributed by atoms with Crippen molar-refractivity contribution in [3.8, 4) is 5.75 Å². The molecule has 6 rings (SSSR count). The Morgan fingerprint density at radius 1 is 1.09 bits per heavy atom. The van der Waals surface area contributed by atoms with Gasteiger partial charge >= 0.3 is 0 Å². The highest BCUT2D eigenvalue weighted by molar-refractivity contribution is 7.90. The first-order chi connectivity index (χ1) is 22.0. The molecule has 1 fully saturated rings. The summed E-state index contributed by atoms with van der Waals surface area (Å²) in [5.41, 5.74) is 2.34. The summed E-state index contributed by atoms with van der Waals surface area (Å²) in [5, 5.41) is 12.2. The SMILES string of the molecule is C[C@@H]1[C@@H](C)C/C=C/[C@@](O)(c2ccncn2)[C@@H]2CC[C@H]2CN2CCCCc3cc(Cl)ccc3COc3ccc(cc32)C(=O)NS1(=O)=O. The smallest absolute Gasteiger partial charge is 0.264 e. The first-order valence-corrected chi connectivity index (χ1v) is 18.0. The Labute approximate surface area is 276 Å². The summed E-state index contributed by atoms with van der Waals surface area (Å²) in [4.78, 5) is 24.2. The monoisotopic (exact) mass is 664 g/mol. The molecule has 2 aromatic carbocycles. The zero-order valence-electron chi connectivity index (χ0n) is 26.2. The Bertz CT molecular complexity index is 1720. The van der Waals surface area contributed by atoms with Gasteiger partial charge < -0.3 is 14.7 Å². The van der Waals surface area contributed by atoms with Crippen LogP contribution in [0.15, 0.2) is 67.1 Å². The maximum absolute atomic E-state index is 13.4. The number of fused-ring (bicyclic) bond motifs is 3. The van der Waals surface area contributed by atoms with E-state index in [4.69, 9.17) is 16.3 Å². The Balaban J connectivity index is 1.43. The molecule has 0 spiro atoms. The molecule has 2 aliphatic heterocycles. The average molecular weight is 665 g/mol. The molecular weight excluding hydrogens is 624 g/mol. The van der Waals surface area contributed by atoms with E-state index < -0.39 is 26.8 Å². The van der Waals surface area contributed by atoms with E-state index in [1.165, 1.54) is 6.33 Å². The van der Waals surface area contributed by atoms with Gasteiger partial charge in [-0.3, -0.25) is 4.79 Å². The number of halogens is 1. The molecule has 3 aliphatic rings. The summed E-state index contributed by atoms with van der Waals surface area (Å²) in [5.74, 6) is -0.384. The maximum atomic E-state index is 13.4. The number of carbonyl (C=O) groups is 1. The van der Waals surface area contributed by atoms with Crippen LogP contribution in [0.1, 0.15) is 73.1 Å². The van der Waals surface area contributed by atoms with Crippen molar-refractivity contribution >= 4 is 33.2 Å². The van der Waals surface area contributed by atoms with Crippen LogP contribution in [0.4, 0.5) is 5.69 Å². The van der Waals surface area contributed by atoms with Crippen molar-refractivity contribution in [3.63, 3.8) is 0 Å². The number of aliphatic hydroxyl groups is 1. The van der Waals surface area contributed by atoms with Crippen molar-refractivity contribution in [1.29, 1.82) is 0 Å². The van der Waals surface area contributed by atoms with Crippen molar-refractivity contribution in [2.45, 2.75) is 69.8 Å². The van der Waals surface area contributed by atoms with Gasteiger partial charge in [0, 0.05) is 35.8 Å². The fourth-order valence-electron chi connectivity index (χ4n) is 6.90. The maximum Gasteiger partial charge on any atom is 0.264 e. The minimum atomic E-state index is -4.00. The van der Waals surface area contributed by atoms with Crippen molar-refractivity contribution in [2.75, 3.05) is 18.0 Å². The van der Waals surface area contributed by atoms with Gasteiger partial charge in [0.25, 0.3) is 5.91 Å². The molecule has 46 heavy (non-hydrogen) atoms. The Kier molecular flexibility index (Phi) is 9.41. The molecule has 2 bridgehead atoms. The summed E-state index contributed by atoms with van der Waals surface area (Å²) in [6.45, 7) is 5.07. The van der Waals surface area contributed by atoms with Gasteiger partial charge in [-0.05, 0) is 105 Å². The van der Waals surface area contributed by atoms with Gasteiger partial charge in [0.15, 0.2) is 0 Å². The van der Waals surface area contributed by atoms with E-state index in [2.05, 4.69) is 19.6 Å². The predicted octanol–water partition coefficient (Wildman–Crippen LogP) is 5.81. The number of sulfonamides is 1. The number of hydrogen-bond donors (Lipinski definition) is 2. The van der Waals surface area contributed by atoms with E-state index >= 15 is 0 Å². The van der Waals surface area contributed by atoms with Gasteiger partial charge in [0.2, 0.25) is 10.0 Å². The second kappa shape index (κ2) is 13.3. The quantitative estimate of drug-likeness (QED) is 0.313. The zero-order chi connectivity index (χ0) is 32.5. The molecule has 11 heteroatoms. The fraction of sp³-hybridized carbons (Fsp3) is 0.457. The largest absolute Gasteiger partial charge is 0.487 e. The van der Waals surface area contributed by atoms with E-state index in [-0.39, 0.29) is 23.3 Å². The van der Waals surface area contributed by atoms with Gasteiger partial charge in [-0.2, -0.15) is 0 Å². The number of benzene rings is 2. The lowest BCUT2D eigenvalue weighted by Crippen LogP contribution is -2.49. The zero-order valence-corrected chi connectivity index (χ0v) is 27.8. The molecule has 2 N–H and O–H groups in total. The number of anilines is 1. The lowest BCUT2D eigenvalue weighted by Gasteiger charge is -2.48. The van der Waals surface area contributed by atoms with E-state index in [0.29, 0.717) is 42.6 Å². The molecule has 1 aromatic heterocycles. The highest BCUT2D eigenvalue weighted by Gasteiger charge is 2.47. The van der Waals surface area contributed by atoms with E-state index in [1.807, 2.05) is 31.2 Å². The minimum absolute atomic E-state index is 0.122. The van der Waals surface area contributed by atoms with Gasteiger partial charge in [0.05, 0.1) is 16.6 Å². The number of ether oxygens (including phenoxy) is 1. The fourth-order valence-corrected chi connectivity index (χ4v) is 8.38. The van der Waals surface area contributed by atoms with Gasteiger partial charge in [0.1, 0.15) is 24.3 Å². The van der Waals surface area contributed by atoms with Gasteiger partial charge in [-0.15, -0.1) is 0 Å². The summed E-state index contributed by atoms with van der Waals surface area (Å²) >= 11 is 6.34. The Hall–Kier alpha value is -3.47. The highest BCUT2D eigenvalue weighted by atomic mass is 35.5. The Morgan fingerprint density at radius 3 is 2.70 bits per heavy atom. The van der Waals surface area contributed by atoms with Crippen LogP contribution in [-0.2, 0) is 28.7 Å². The summed E-state index contributed by atoms with van der Waals surface area (Å²) in [6, 6.07) is 12.7. The number of nitrogens with zero attached hydrogens (tertiary/aromatic N) is 3. The molecule has 3 heterocycles. The number of hydrogen-bond acceptors (Lipinski definition) is 8. The van der Waals surface area contributed by atoms with Crippen LogP contribution in [0.2, 0.25) is 5.02 Å². The number of amides is 1. The first-order valence-electron chi connectivity index (χ1n) is 16.1. The lowest BCUT2D eigenvalue weighted by molar-refractivity contribution is -0.0529. The van der Waals surface area contributed by atoms with Crippen molar-refractivity contribution in [2.24, 2.45) is 17.8 Å². The van der Waals surface area contributed by atoms with E-state index in [9.17, 15) is 18.3 Å². The van der Waals surface area contributed by atoms with Crippen LogP contribution in [0.25, 0.3) is 0 Å². The summed E-state index contributed by atoms with van der Waals surface area (Å²) in [7, 11) is -4.00. The molecule has 244 valence electrons. The Morgan fingerprint density at radius 2 is 1.93 bits per heavy atom. The van der Waals surface area contributed by atoms with Crippen LogP contribution in [-0.4, -0.2) is 47.7 Å². The van der Waals surface area contributed by atoms with Crippen LogP contribution in [0, 0.1) is 17.8 Å². The van der Waals surface area contributed by atoms with E-state index in [0.717, 1.165) is 48.9 Å². The summed E-state index contributed by atoms with van der Waals surface area (Å²) in [6.07, 6.45) is 11.5. The number of nitrogens with one attached hydrogen (secondary N) is 1. The highest BCUT2D eigenvalue weighted by Crippen LogP contribution is 2.48. The predicted molar refractivity (Wildman–Crippen MR) is 178 cm³/mol. The average Bonchev–Trinajstić information content (AvgIpc) is 3.05. The molecule has 0 saturated heterocycles. The topological polar surface area (TPSA) is 122 Å². The van der Waals surface area contributed by atoms with Gasteiger partial charge in [-0.1, -0.05) is 36.7 Å². The second-order valence-electron chi connectivity index (χ2n) is 12.9. The molecule has 1 saturated carbocycles. The molecule has 5 atom stereocenters. The first kappa shape index (κ1) is 32.5. The second-order valence-corrected chi connectivity index (χ2v) is 15.4. The molecule has 1 aliphatic carbocycles. The molecule has 0 radical (unpaired) electrons. The van der Waals surface area contributed by atoms with Crippen molar-refractivity contribution < 1.29 is 23.1 Å². The molecular formula is C35H41ClN4O5S.